The minimum atomic E-state index is 0.0745. The Morgan fingerprint density at radius 2 is 1.96 bits per heavy atom. The summed E-state index contributed by atoms with van der Waals surface area (Å²) in [5.41, 5.74) is 8.07. The summed E-state index contributed by atoms with van der Waals surface area (Å²) in [5, 5.41) is 3.00. The Bertz CT molecular complexity index is 570. The van der Waals surface area contributed by atoms with E-state index in [2.05, 4.69) is 5.32 Å². The first kappa shape index (κ1) is 16.0. The number of hydrogen-bond acceptors (Lipinski definition) is 3. The average Bonchev–Trinajstić information content (AvgIpc) is 3.15. The van der Waals surface area contributed by atoms with Crippen LogP contribution in [0.1, 0.15) is 43.2 Å². The van der Waals surface area contributed by atoms with Gasteiger partial charge in [0.25, 0.3) is 0 Å². The van der Waals surface area contributed by atoms with Crippen LogP contribution in [-0.4, -0.2) is 29.3 Å². The standard InChI is InChI=1S/C18H25N3O2/c19-16-8-7-15(10-16)18(23)20-11-13-3-5-14(6-4-13)12-21-9-1-2-17(21)22/h3-6,15-16H,1-2,7-12,19H2,(H,20,23). The van der Waals surface area contributed by atoms with Gasteiger partial charge in [-0.3, -0.25) is 9.59 Å². The molecular formula is C18H25N3O2. The minimum absolute atomic E-state index is 0.0745. The number of likely N-dealkylation sites (tertiary alicyclic amines) is 1. The number of nitrogens with zero attached hydrogens (tertiary/aromatic N) is 1. The van der Waals surface area contributed by atoms with E-state index in [1.807, 2.05) is 29.2 Å². The molecule has 1 aromatic carbocycles. The Balaban J connectivity index is 1.47. The Morgan fingerprint density at radius 1 is 1.22 bits per heavy atom. The van der Waals surface area contributed by atoms with Gasteiger partial charge in [0.1, 0.15) is 0 Å². The third-order valence-electron chi connectivity index (χ3n) is 4.88. The predicted octanol–water partition coefficient (Wildman–Crippen LogP) is 1.55. The molecule has 1 aromatic rings. The van der Waals surface area contributed by atoms with Gasteiger partial charge in [0.15, 0.2) is 0 Å². The highest BCUT2D eigenvalue weighted by molar-refractivity contribution is 5.79. The smallest absolute Gasteiger partial charge is 0.223 e. The molecule has 23 heavy (non-hydrogen) atoms. The third-order valence-corrected chi connectivity index (χ3v) is 4.88. The van der Waals surface area contributed by atoms with E-state index in [-0.39, 0.29) is 23.8 Å². The molecule has 1 saturated carbocycles. The number of carbonyl (C=O) groups excluding carboxylic acids is 2. The lowest BCUT2D eigenvalue weighted by atomic mass is 10.1. The maximum atomic E-state index is 12.1. The predicted molar refractivity (Wildman–Crippen MR) is 88.3 cm³/mol. The van der Waals surface area contributed by atoms with Gasteiger partial charge >= 0.3 is 0 Å². The summed E-state index contributed by atoms with van der Waals surface area (Å²) in [6.07, 6.45) is 4.29. The molecule has 2 fully saturated rings. The van der Waals surface area contributed by atoms with E-state index in [4.69, 9.17) is 5.73 Å². The summed E-state index contributed by atoms with van der Waals surface area (Å²) in [5.74, 6) is 0.436. The van der Waals surface area contributed by atoms with Crippen LogP contribution >= 0.6 is 0 Å². The van der Waals surface area contributed by atoms with Crippen molar-refractivity contribution >= 4 is 11.8 Å². The first-order valence-electron chi connectivity index (χ1n) is 8.50. The van der Waals surface area contributed by atoms with Crippen molar-refractivity contribution in [3.05, 3.63) is 35.4 Å². The van der Waals surface area contributed by atoms with Gasteiger partial charge in [-0.25, -0.2) is 0 Å². The molecule has 0 radical (unpaired) electrons. The Morgan fingerprint density at radius 3 is 2.57 bits per heavy atom. The molecule has 1 aliphatic heterocycles. The summed E-state index contributed by atoms with van der Waals surface area (Å²) >= 11 is 0. The molecule has 2 amide bonds. The molecule has 1 aliphatic carbocycles. The van der Waals surface area contributed by atoms with Crippen LogP contribution in [0, 0.1) is 5.92 Å². The van der Waals surface area contributed by atoms with Crippen LogP contribution in [0.15, 0.2) is 24.3 Å². The van der Waals surface area contributed by atoms with Gasteiger partial charge in [-0.15, -0.1) is 0 Å². The zero-order valence-electron chi connectivity index (χ0n) is 13.5. The lowest BCUT2D eigenvalue weighted by Crippen LogP contribution is -2.30. The van der Waals surface area contributed by atoms with Crippen LogP contribution < -0.4 is 11.1 Å². The van der Waals surface area contributed by atoms with Crippen molar-refractivity contribution in [1.82, 2.24) is 10.2 Å². The van der Waals surface area contributed by atoms with E-state index in [9.17, 15) is 9.59 Å². The van der Waals surface area contributed by atoms with Gasteiger partial charge in [0.2, 0.25) is 11.8 Å². The van der Waals surface area contributed by atoms with Crippen LogP contribution in [0.25, 0.3) is 0 Å². The van der Waals surface area contributed by atoms with Crippen LogP contribution in [0.5, 0.6) is 0 Å². The third kappa shape index (κ3) is 4.10. The molecule has 0 bridgehead atoms. The molecule has 124 valence electrons. The monoisotopic (exact) mass is 315 g/mol. The topological polar surface area (TPSA) is 75.4 Å². The average molecular weight is 315 g/mol. The van der Waals surface area contributed by atoms with E-state index in [0.29, 0.717) is 19.5 Å². The van der Waals surface area contributed by atoms with E-state index in [1.54, 1.807) is 0 Å². The molecule has 1 heterocycles. The van der Waals surface area contributed by atoms with E-state index >= 15 is 0 Å². The largest absolute Gasteiger partial charge is 0.352 e. The molecule has 0 aromatic heterocycles. The zero-order chi connectivity index (χ0) is 16.2. The molecule has 1 saturated heterocycles. The number of carbonyl (C=O) groups is 2. The molecule has 0 spiro atoms. The molecule has 5 nitrogen and oxygen atoms in total. The number of rotatable bonds is 5. The number of benzene rings is 1. The fourth-order valence-electron chi connectivity index (χ4n) is 3.44. The maximum absolute atomic E-state index is 12.1. The normalized spacial score (nSPS) is 24.2. The minimum Gasteiger partial charge on any atom is -0.352 e. The van der Waals surface area contributed by atoms with Crippen molar-refractivity contribution in [2.24, 2.45) is 11.7 Å². The Labute approximate surface area is 137 Å². The molecule has 2 unspecified atom stereocenters. The Hall–Kier alpha value is -1.88. The number of hydrogen-bond donors (Lipinski definition) is 2. The van der Waals surface area contributed by atoms with Crippen LogP contribution in [0.4, 0.5) is 0 Å². The van der Waals surface area contributed by atoms with Crippen molar-refractivity contribution in [2.75, 3.05) is 6.54 Å². The lowest BCUT2D eigenvalue weighted by molar-refractivity contribution is -0.128. The second-order valence-electron chi connectivity index (χ2n) is 6.72. The molecule has 2 atom stereocenters. The van der Waals surface area contributed by atoms with Crippen LogP contribution in [-0.2, 0) is 22.7 Å². The van der Waals surface area contributed by atoms with Crippen LogP contribution in [0.2, 0.25) is 0 Å². The lowest BCUT2D eigenvalue weighted by Gasteiger charge is -2.16. The molecule has 2 aliphatic rings. The first-order valence-corrected chi connectivity index (χ1v) is 8.50. The number of nitrogens with one attached hydrogen (secondary N) is 1. The fourth-order valence-corrected chi connectivity index (χ4v) is 3.44. The van der Waals surface area contributed by atoms with E-state index in [1.165, 1.54) is 0 Å². The van der Waals surface area contributed by atoms with E-state index in [0.717, 1.165) is 43.4 Å². The highest BCUT2D eigenvalue weighted by Crippen LogP contribution is 2.24. The van der Waals surface area contributed by atoms with Crippen LogP contribution in [0.3, 0.4) is 0 Å². The van der Waals surface area contributed by atoms with Gasteiger partial charge in [-0.05, 0) is 36.8 Å². The summed E-state index contributed by atoms with van der Waals surface area (Å²) in [4.78, 5) is 25.6. The Kier molecular flexibility index (Phi) is 4.96. The van der Waals surface area contributed by atoms with Crippen molar-refractivity contribution in [3.8, 4) is 0 Å². The second-order valence-corrected chi connectivity index (χ2v) is 6.72. The maximum Gasteiger partial charge on any atom is 0.223 e. The van der Waals surface area contributed by atoms with Gasteiger partial charge in [-0.1, -0.05) is 24.3 Å². The molecular weight excluding hydrogens is 290 g/mol. The zero-order valence-corrected chi connectivity index (χ0v) is 13.5. The van der Waals surface area contributed by atoms with Gasteiger partial charge in [0.05, 0.1) is 0 Å². The summed E-state index contributed by atoms with van der Waals surface area (Å²) < 4.78 is 0. The highest BCUT2D eigenvalue weighted by Gasteiger charge is 2.27. The summed E-state index contributed by atoms with van der Waals surface area (Å²) in [6, 6.07) is 8.31. The van der Waals surface area contributed by atoms with Crippen molar-refractivity contribution in [3.63, 3.8) is 0 Å². The van der Waals surface area contributed by atoms with Gasteiger partial charge in [-0.2, -0.15) is 0 Å². The summed E-state index contributed by atoms with van der Waals surface area (Å²) in [6.45, 7) is 2.10. The summed E-state index contributed by atoms with van der Waals surface area (Å²) in [7, 11) is 0. The van der Waals surface area contributed by atoms with Crippen molar-refractivity contribution in [1.29, 1.82) is 0 Å². The van der Waals surface area contributed by atoms with Crippen molar-refractivity contribution < 1.29 is 9.59 Å². The number of amides is 2. The van der Waals surface area contributed by atoms with E-state index < -0.39 is 0 Å². The number of nitrogens with two attached hydrogens (primary N) is 1. The highest BCUT2D eigenvalue weighted by atomic mass is 16.2. The molecule has 5 heteroatoms. The molecule has 3 rings (SSSR count). The SMILES string of the molecule is NC1CCC(C(=O)NCc2ccc(CN3CCCC3=O)cc2)C1. The molecule has 3 N–H and O–H groups in total. The van der Waals surface area contributed by atoms with Gasteiger partial charge in [0, 0.05) is 38.0 Å². The van der Waals surface area contributed by atoms with Crippen molar-refractivity contribution in [2.45, 2.75) is 51.2 Å². The quantitative estimate of drug-likeness (QED) is 0.865. The first-order chi connectivity index (χ1) is 11.1. The fraction of sp³-hybridized carbons (Fsp3) is 0.556. The second kappa shape index (κ2) is 7.13. The van der Waals surface area contributed by atoms with Gasteiger partial charge < -0.3 is 16.0 Å².